The average molecular weight is 222 g/mol. The molecule has 2 aromatic rings. The maximum Gasteiger partial charge on any atom is 0.120 e. The monoisotopic (exact) mass is 222 g/mol. The van der Waals surface area contributed by atoms with Crippen LogP contribution in [0.2, 0.25) is 0 Å². The molecule has 3 rings (SSSR count). The summed E-state index contributed by atoms with van der Waals surface area (Å²) in [5.74, 6) is 0. The number of carbonyl (C=O) groups excluding carboxylic acids is 1. The molecule has 2 aromatic carbocycles. The molecule has 0 fully saturated rings. The predicted octanol–water partition coefficient (Wildman–Crippen LogP) is 3.39. The lowest BCUT2D eigenvalue weighted by molar-refractivity contribution is -0.107. The Morgan fingerprint density at radius 2 is 1.82 bits per heavy atom. The Bertz CT molecular complexity index is 569. The molecule has 1 heteroatoms. The first kappa shape index (κ1) is 10.3. The summed E-state index contributed by atoms with van der Waals surface area (Å²) in [6.07, 6.45) is 3.50. The van der Waals surface area contributed by atoms with E-state index in [0.717, 1.165) is 19.1 Å². The first-order valence-electron chi connectivity index (χ1n) is 6.03. The minimum atomic E-state index is 0.618. The Kier molecular flexibility index (Phi) is 2.52. The number of benzene rings is 2. The Labute approximate surface area is 101 Å². The zero-order chi connectivity index (χ0) is 11.7. The third kappa shape index (κ3) is 1.68. The van der Waals surface area contributed by atoms with E-state index < -0.39 is 0 Å². The lowest BCUT2D eigenvalue weighted by Crippen LogP contribution is -1.93. The second-order valence-corrected chi connectivity index (χ2v) is 4.48. The predicted molar refractivity (Wildman–Crippen MR) is 69.1 cm³/mol. The molecule has 1 nitrogen and oxygen atoms in total. The molecule has 0 amide bonds. The molecule has 17 heavy (non-hydrogen) atoms. The van der Waals surface area contributed by atoms with Crippen LogP contribution in [0.15, 0.2) is 42.5 Å². The van der Waals surface area contributed by atoms with E-state index in [9.17, 15) is 4.79 Å². The van der Waals surface area contributed by atoms with Crippen molar-refractivity contribution in [1.82, 2.24) is 0 Å². The molecular formula is C16H14O. The Hall–Kier alpha value is -1.89. The van der Waals surface area contributed by atoms with Crippen LogP contribution in [-0.2, 0) is 17.6 Å². The summed E-state index contributed by atoms with van der Waals surface area (Å²) in [6.45, 7) is 0. The fraction of sp³-hybridized carbons (Fsp3) is 0.188. The van der Waals surface area contributed by atoms with E-state index in [2.05, 4.69) is 42.5 Å². The van der Waals surface area contributed by atoms with Crippen molar-refractivity contribution in [2.75, 3.05) is 0 Å². The number of aldehydes is 1. The summed E-state index contributed by atoms with van der Waals surface area (Å²) < 4.78 is 0. The molecular weight excluding hydrogens is 208 g/mol. The van der Waals surface area contributed by atoms with Gasteiger partial charge in [0.1, 0.15) is 6.29 Å². The highest BCUT2D eigenvalue weighted by Crippen LogP contribution is 2.38. The summed E-state index contributed by atoms with van der Waals surface area (Å²) in [5.41, 5.74) is 6.85. The van der Waals surface area contributed by atoms with Crippen LogP contribution in [-0.4, -0.2) is 6.29 Å². The van der Waals surface area contributed by atoms with Gasteiger partial charge in [0, 0.05) is 6.42 Å². The van der Waals surface area contributed by atoms with Gasteiger partial charge in [0.05, 0.1) is 0 Å². The van der Waals surface area contributed by atoms with Gasteiger partial charge in [0.15, 0.2) is 0 Å². The van der Waals surface area contributed by atoms with Crippen LogP contribution in [0.25, 0.3) is 11.1 Å². The van der Waals surface area contributed by atoms with Gasteiger partial charge in [0.2, 0.25) is 0 Å². The molecule has 0 bridgehead atoms. The lowest BCUT2D eigenvalue weighted by Gasteiger charge is -2.06. The number of fused-ring (bicyclic) bond motifs is 3. The van der Waals surface area contributed by atoms with E-state index in [1.165, 1.54) is 27.8 Å². The van der Waals surface area contributed by atoms with Crippen molar-refractivity contribution in [3.8, 4) is 11.1 Å². The number of hydrogen-bond donors (Lipinski definition) is 0. The van der Waals surface area contributed by atoms with Crippen molar-refractivity contribution < 1.29 is 4.79 Å². The first-order chi connectivity index (χ1) is 8.40. The van der Waals surface area contributed by atoms with E-state index in [4.69, 9.17) is 0 Å². The molecule has 0 aromatic heterocycles. The Balaban J connectivity index is 2.07. The standard InChI is InChI=1S/C16H14O/c17-10-4-7-12-6-3-9-15-14-8-2-1-5-13(14)11-16(12)15/h1-3,5-6,8-10H,4,7,11H2. The van der Waals surface area contributed by atoms with E-state index in [1.807, 2.05) is 0 Å². The SMILES string of the molecule is O=CCCc1cccc2c1Cc1ccccc1-2. The van der Waals surface area contributed by atoms with E-state index in [1.54, 1.807) is 0 Å². The number of carbonyl (C=O) groups is 1. The van der Waals surface area contributed by atoms with Gasteiger partial charge in [-0.2, -0.15) is 0 Å². The van der Waals surface area contributed by atoms with Gasteiger partial charge in [-0.1, -0.05) is 42.5 Å². The summed E-state index contributed by atoms with van der Waals surface area (Å²) in [5, 5.41) is 0. The highest BCUT2D eigenvalue weighted by atomic mass is 16.1. The third-order valence-electron chi connectivity index (χ3n) is 3.48. The Morgan fingerprint density at radius 1 is 1.00 bits per heavy atom. The molecule has 0 heterocycles. The summed E-state index contributed by atoms with van der Waals surface area (Å²) in [4.78, 5) is 10.5. The molecule has 0 saturated carbocycles. The van der Waals surface area contributed by atoms with Crippen LogP contribution in [0.5, 0.6) is 0 Å². The molecule has 0 saturated heterocycles. The molecule has 0 spiro atoms. The summed E-state index contributed by atoms with van der Waals surface area (Å²) in [7, 11) is 0. The van der Waals surface area contributed by atoms with Crippen LogP contribution in [0.3, 0.4) is 0 Å². The van der Waals surface area contributed by atoms with Gasteiger partial charge < -0.3 is 4.79 Å². The van der Waals surface area contributed by atoms with Crippen LogP contribution < -0.4 is 0 Å². The Morgan fingerprint density at radius 3 is 2.71 bits per heavy atom. The topological polar surface area (TPSA) is 17.1 Å². The first-order valence-corrected chi connectivity index (χ1v) is 6.03. The largest absolute Gasteiger partial charge is 0.303 e. The van der Waals surface area contributed by atoms with Gasteiger partial charge in [-0.15, -0.1) is 0 Å². The van der Waals surface area contributed by atoms with Gasteiger partial charge in [-0.25, -0.2) is 0 Å². The van der Waals surface area contributed by atoms with Crippen molar-refractivity contribution in [2.45, 2.75) is 19.3 Å². The average Bonchev–Trinajstić information content (AvgIpc) is 2.75. The van der Waals surface area contributed by atoms with Crippen molar-refractivity contribution in [3.63, 3.8) is 0 Å². The fourth-order valence-electron chi connectivity index (χ4n) is 2.67. The van der Waals surface area contributed by atoms with Crippen molar-refractivity contribution >= 4 is 6.29 Å². The maximum atomic E-state index is 10.5. The normalized spacial score (nSPS) is 12.0. The minimum absolute atomic E-state index is 0.618. The van der Waals surface area contributed by atoms with Crippen LogP contribution in [0.1, 0.15) is 23.1 Å². The van der Waals surface area contributed by atoms with Gasteiger partial charge >= 0.3 is 0 Å². The van der Waals surface area contributed by atoms with E-state index in [0.29, 0.717) is 6.42 Å². The van der Waals surface area contributed by atoms with E-state index >= 15 is 0 Å². The van der Waals surface area contributed by atoms with Crippen molar-refractivity contribution in [2.24, 2.45) is 0 Å². The molecule has 0 aliphatic heterocycles. The summed E-state index contributed by atoms with van der Waals surface area (Å²) >= 11 is 0. The third-order valence-corrected chi connectivity index (χ3v) is 3.48. The van der Waals surface area contributed by atoms with Crippen LogP contribution in [0.4, 0.5) is 0 Å². The number of aryl methyl sites for hydroxylation is 1. The molecule has 0 unspecified atom stereocenters. The molecule has 0 radical (unpaired) electrons. The second kappa shape index (κ2) is 4.17. The highest BCUT2D eigenvalue weighted by molar-refractivity contribution is 5.77. The minimum Gasteiger partial charge on any atom is -0.303 e. The van der Waals surface area contributed by atoms with Crippen molar-refractivity contribution in [1.29, 1.82) is 0 Å². The van der Waals surface area contributed by atoms with E-state index in [-0.39, 0.29) is 0 Å². The van der Waals surface area contributed by atoms with Crippen LogP contribution >= 0.6 is 0 Å². The molecule has 1 aliphatic carbocycles. The maximum absolute atomic E-state index is 10.5. The van der Waals surface area contributed by atoms with Gasteiger partial charge in [0.25, 0.3) is 0 Å². The van der Waals surface area contributed by atoms with Crippen LogP contribution in [0, 0.1) is 0 Å². The zero-order valence-corrected chi connectivity index (χ0v) is 9.65. The second-order valence-electron chi connectivity index (χ2n) is 4.48. The lowest BCUT2D eigenvalue weighted by atomic mass is 9.98. The zero-order valence-electron chi connectivity index (χ0n) is 9.65. The quantitative estimate of drug-likeness (QED) is 0.621. The fourth-order valence-corrected chi connectivity index (χ4v) is 2.67. The highest BCUT2D eigenvalue weighted by Gasteiger charge is 2.19. The molecule has 1 aliphatic rings. The molecule has 0 N–H and O–H groups in total. The summed E-state index contributed by atoms with van der Waals surface area (Å²) in [6, 6.07) is 15.0. The van der Waals surface area contributed by atoms with Gasteiger partial charge in [-0.05, 0) is 40.7 Å². The smallest absolute Gasteiger partial charge is 0.120 e. The molecule has 0 atom stereocenters. The number of rotatable bonds is 3. The molecule has 84 valence electrons. The number of hydrogen-bond acceptors (Lipinski definition) is 1. The van der Waals surface area contributed by atoms with Gasteiger partial charge in [-0.3, -0.25) is 0 Å². The van der Waals surface area contributed by atoms with Crippen molar-refractivity contribution in [3.05, 3.63) is 59.2 Å².